The zero-order chi connectivity index (χ0) is 16.9. The quantitative estimate of drug-likeness (QED) is 0.796. The highest BCUT2D eigenvalue weighted by Gasteiger charge is 2.19. The number of hydrogen-bond acceptors (Lipinski definition) is 5. The third-order valence-corrected chi connectivity index (χ3v) is 6.46. The first-order valence-corrected chi connectivity index (χ1v) is 10.4. The number of nitrogens with zero attached hydrogens (tertiary/aromatic N) is 1. The van der Waals surface area contributed by atoms with Crippen molar-refractivity contribution in [3.8, 4) is 0 Å². The molecule has 2 heterocycles. The molecule has 1 atom stereocenters. The number of aromatic nitrogens is 2. The lowest BCUT2D eigenvalue weighted by molar-refractivity contribution is -0.121. The van der Waals surface area contributed by atoms with Gasteiger partial charge in [0.15, 0.2) is 0 Å². The molecule has 1 unspecified atom stereocenters. The number of thioether (sulfide) groups is 1. The second-order valence-electron chi connectivity index (χ2n) is 6.30. The van der Waals surface area contributed by atoms with Crippen molar-refractivity contribution in [3.05, 3.63) is 27.6 Å². The van der Waals surface area contributed by atoms with E-state index in [1.54, 1.807) is 0 Å². The number of H-pyrrole nitrogens is 1. The van der Waals surface area contributed by atoms with E-state index >= 15 is 0 Å². The molecule has 0 radical (unpaired) electrons. The molecule has 2 aromatic heterocycles. The summed E-state index contributed by atoms with van der Waals surface area (Å²) in [6, 6.07) is 2.18. The Morgan fingerprint density at radius 1 is 1.42 bits per heavy atom. The summed E-state index contributed by atoms with van der Waals surface area (Å²) in [7, 11) is 0. The highest BCUT2D eigenvalue weighted by Crippen LogP contribution is 2.20. The van der Waals surface area contributed by atoms with Gasteiger partial charge >= 0.3 is 0 Å². The van der Waals surface area contributed by atoms with E-state index < -0.39 is 0 Å². The third kappa shape index (κ3) is 4.39. The predicted octanol–water partition coefficient (Wildman–Crippen LogP) is 3.45. The summed E-state index contributed by atoms with van der Waals surface area (Å²) >= 11 is 2.91. The molecule has 2 aromatic rings. The monoisotopic (exact) mass is 365 g/mol. The van der Waals surface area contributed by atoms with Crippen LogP contribution in [0.15, 0.2) is 16.2 Å². The van der Waals surface area contributed by atoms with E-state index in [9.17, 15) is 9.59 Å². The molecule has 2 N–H and O–H groups in total. The van der Waals surface area contributed by atoms with Crippen LogP contribution in [0.4, 0.5) is 0 Å². The summed E-state index contributed by atoms with van der Waals surface area (Å²) in [5.41, 5.74) is 0.635. The predicted molar refractivity (Wildman–Crippen MR) is 101 cm³/mol. The minimum Gasteiger partial charge on any atom is -0.352 e. The van der Waals surface area contributed by atoms with Crippen molar-refractivity contribution in [1.29, 1.82) is 0 Å². The van der Waals surface area contributed by atoms with Gasteiger partial charge in [-0.25, -0.2) is 4.98 Å². The summed E-state index contributed by atoms with van der Waals surface area (Å²) < 4.78 is 0.655. The molecule has 0 saturated heterocycles. The third-order valence-electron chi connectivity index (χ3n) is 4.40. The maximum absolute atomic E-state index is 12.4. The van der Waals surface area contributed by atoms with Gasteiger partial charge in [0.2, 0.25) is 5.91 Å². The average molecular weight is 366 g/mol. The molecule has 130 valence electrons. The molecule has 1 amide bonds. The first-order valence-electron chi connectivity index (χ1n) is 8.52. The van der Waals surface area contributed by atoms with E-state index in [0.29, 0.717) is 22.3 Å². The summed E-state index contributed by atoms with van der Waals surface area (Å²) in [4.78, 5) is 31.6. The minimum atomic E-state index is -0.156. The smallest absolute Gasteiger partial charge is 0.268 e. The molecule has 0 spiro atoms. The molecule has 1 saturated carbocycles. The number of carbonyl (C=O) groups excluding carboxylic acids is 1. The minimum absolute atomic E-state index is 0.0888. The number of hydrogen-bond donors (Lipinski definition) is 2. The van der Waals surface area contributed by atoms with E-state index in [1.165, 1.54) is 48.8 Å². The molecular weight excluding hydrogens is 342 g/mol. The molecule has 0 aliphatic heterocycles. The second-order valence-corrected chi connectivity index (χ2v) is 8.54. The highest BCUT2D eigenvalue weighted by molar-refractivity contribution is 7.99. The Kier molecular flexibility index (Phi) is 5.94. The number of aromatic amines is 1. The van der Waals surface area contributed by atoms with Gasteiger partial charge in [-0.05, 0) is 31.2 Å². The van der Waals surface area contributed by atoms with Crippen LogP contribution in [-0.2, 0) is 10.5 Å². The topological polar surface area (TPSA) is 74.8 Å². The van der Waals surface area contributed by atoms with E-state index in [4.69, 9.17) is 0 Å². The Labute approximate surface area is 149 Å². The van der Waals surface area contributed by atoms with Crippen molar-refractivity contribution in [3.63, 3.8) is 0 Å². The number of rotatable bonds is 5. The van der Waals surface area contributed by atoms with Gasteiger partial charge in [0.1, 0.15) is 10.5 Å². The van der Waals surface area contributed by atoms with Crippen LogP contribution in [-0.4, -0.2) is 27.2 Å². The normalized spacial score (nSPS) is 17.5. The first-order chi connectivity index (χ1) is 11.6. The van der Waals surface area contributed by atoms with Gasteiger partial charge in [0.25, 0.3) is 5.56 Å². The van der Waals surface area contributed by atoms with Gasteiger partial charge in [0, 0.05) is 6.04 Å². The second kappa shape index (κ2) is 8.16. The molecular formula is C17H23N3O2S2. The first kappa shape index (κ1) is 17.5. The Hall–Kier alpha value is -1.34. The molecule has 24 heavy (non-hydrogen) atoms. The van der Waals surface area contributed by atoms with Gasteiger partial charge in [-0.15, -0.1) is 23.1 Å². The van der Waals surface area contributed by atoms with Crippen LogP contribution in [0, 0.1) is 0 Å². The molecule has 3 rings (SSSR count). The molecule has 1 aliphatic rings. The maximum atomic E-state index is 12.4. The van der Waals surface area contributed by atoms with Crippen molar-refractivity contribution < 1.29 is 4.79 Å². The van der Waals surface area contributed by atoms with E-state index in [2.05, 4.69) is 15.3 Å². The summed E-state index contributed by atoms with van der Waals surface area (Å²) in [5, 5.41) is 4.89. The van der Waals surface area contributed by atoms with Crippen LogP contribution >= 0.6 is 23.1 Å². The zero-order valence-corrected chi connectivity index (χ0v) is 15.5. The number of thiophene rings is 1. The van der Waals surface area contributed by atoms with Gasteiger partial charge in [-0.2, -0.15) is 0 Å². The molecule has 5 nitrogen and oxygen atoms in total. The Balaban J connectivity index is 1.54. The molecule has 7 heteroatoms. The van der Waals surface area contributed by atoms with Gasteiger partial charge in [-0.3, -0.25) is 9.59 Å². The fourth-order valence-corrected chi connectivity index (χ4v) is 4.50. The van der Waals surface area contributed by atoms with Crippen molar-refractivity contribution in [2.24, 2.45) is 0 Å². The fraction of sp³-hybridized carbons (Fsp3) is 0.588. The Morgan fingerprint density at radius 2 is 2.17 bits per heavy atom. The molecule has 0 bridgehead atoms. The van der Waals surface area contributed by atoms with Crippen molar-refractivity contribution in [2.75, 3.05) is 0 Å². The van der Waals surface area contributed by atoms with Crippen LogP contribution in [0.3, 0.4) is 0 Å². The Morgan fingerprint density at radius 3 is 2.92 bits per heavy atom. The number of carbonyl (C=O) groups is 1. The number of amides is 1. The average Bonchev–Trinajstić information content (AvgIpc) is 2.90. The van der Waals surface area contributed by atoms with Gasteiger partial charge in [0.05, 0.1) is 16.5 Å². The summed E-state index contributed by atoms with van der Waals surface area (Å²) in [6.07, 6.45) is 7.15. The molecule has 1 aliphatic carbocycles. The summed E-state index contributed by atoms with van der Waals surface area (Å²) in [5.74, 6) is 1.25. The maximum Gasteiger partial charge on any atom is 0.268 e. The van der Waals surface area contributed by atoms with Crippen LogP contribution in [0.1, 0.15) is 51.3 Å². The van der Waals surface area contributed by atoms with Gasteiger partial charge < -0.3 is 10.3 Å². The Bertz CT molecular complexity index is 748. The summed E-state index contributed by atoms with van der Waals surface area (Å²) in [6.45, 7) is 1.91. The number of nitrogens with one attached hydrogen (secondary N) is 2. The van der Waals surface area contributed by atoms with Crippen molar-refractivity contribution in [1.82, 2.24) is 15.3 Å². The lowest BCUT2D eigenvalue weighted by Gasteiger charge is -2.19. The van der Waals surface area contributed by atoms with Crippen LogP contribution in [0.5, 0.6) is 0 Å². The van der Waals surface area contributed by atoms with E-state index in [1.807, 2.05) is 18.4 Å². The molecule has 1 fully saturated rings. The van der Waals surface area contributed by atoms with Crippen LogP contribution in [0.25, 0.3) is 10.2 Å². The van der Waals surface area contributed by atoms with E-state index in [-0.39, 0.29) is 16.7 Å². The van der Waals surface area contributed by atoms with Crippen LogP contribution < -0.4 is 10.9 Å². The molecule has 0 aromatic carbocycles. The lowest BCUT2D eigenvalue weighted by atomic mass is 10.1. The largest absolute Gasteiger partial charge is 0.352 e. The van der Waals surface area contributed by atoms with E-state index in [0.717, 1.165) is 18.4 Å². The van der Waals surface area contributed by atoms with Gasteiger partial charge in [-0.1, -0.05) is 25.7 Å². The highest BCUT2D eigenvalue weighted by atomic mass is 32.2. The SMILES string of the molecule is CC(SCc1nc2ccsc2c(=O)[nH]1)C(=O)NC1CCCCCC1. The van der Waals surface area contributed by atoms with Crippen molar-refractivity contribution in [2.45, 2.75) is 62.5 Å². The lowest BCUT2D eigenvalue weighted by Crippen LogP contribution is -2.39. The fourth-order valence-electron chi connectivity index (χ4n) is 3.01. The van der Waals surface area contributed by atoms with Crippen molar-refractivity contribution >= 4 is 39.2 Å². The number of fused-ring (bicyclic) bond motifs is 1. The van der Waals surface area contributed by atoms with Crippen LogP contribution in [0.2, 0.25) is 0 Å². The standard InChI is InChI=1S/C17H23N3O2S2/c1-11(16(21)18-12-6-4-2-3-5-7-12)24-10-14-19-13-8-9-23-15(13)17(22)20-14/h8-9,11-12H,2-7,10H2,1H3,(H,18,21)(H,19,20,22). The zero-order valence-electron chi connectivity index (χ0n) is 13.8.